The number of aromatic nitrogens is 1. The highest BCUT2D eigenvalue weighted by Crippen LogP contribution is 2.28. The Balaban J connectivity index is 2.19. The standard InChI is InChI=1S/C11H13N2O/c14-9-13-7-2-1-5-11(13)10-4-3-6-12-8-10/h3-4,6,8,11H,1-2,5,7H2. The average molecular weight is 189 g/mol. The molecule has 1 aromatic heterocycles. The van der Waals surface area contributed by atoms with E-state index in [1.165, 1.54) is 6.42 Å². The second-order valence-corrected chi connectivity index (χ2v) is 3.58. The quantitative estimate of drug-likeness (QED) is 0.709. The molecule has 1 atom stereocenters. The SMILES string of the molecule is O=[C]N1CCCCC1c1cccnc1. The summed E-state index contributed by atoms with van der Waals surface area (Å²) in [5, 5.41) is 0. The van der Waals surface area contributed by atoms with Crippen LogP contribution in [0.2, 0.25) is 0 Å². The summed E-state index contributed by atoms with van der Waals surface area (Å²) in [6, 6.07) is 4.12. The van der Waals surface area contributed by atoms with Gasteiger partial charge in [-0.05, 0) is 30.9 Å². The molecule has 1 amide bonds. The Morgan fingerprint density at radius 1 is 1.50 bits per heavy atom. The molecular weight excluding hydrogens is 176 g/mol. The molecule has 1 saturated heterocycles. The van der Waals surface area contributed by atoms with Crippen LogP contribution in [0.25, 0.3) is 0 Å². The molecule has 0 aromatic carbocycles. The molecule has 0 aliphatic carbocycles. The number of likely N-dealkylation sites (tertiary alicyclic amines) is 1. The first-order chi connectivity index (χ1) is 6.92. The van der Waals surface area contributed by atoms with Gasteiger partial charge in [0.15, 0.2) is 0 Å². The molecule has 1 radical (unpaired) electrons. The topological polar surface area (TPSA) is 33.2 Å². The third kappa shape index (κ3) is 1.76. The van der Waals surface area contributed by atoms with E-state index in [1.54, 1.807) is 11.1 Å². The zero-order valence-electron chi connectivity index (χ0n) is 8.02. The number of carbonyl (C=O) groups excluding carboxylic acids is 1. The van der Waals surface area contributed by atoms with Crippen LogP contribution in [0.15, 0.2) is 24.5 Å². The van der Waals surface area contributed by atoms with Gasteiger partial charge in [-0.2, -0.15) is 0 Å². The lowest BCUT2D eigenvalue weighted by molar-refractivity contribution is 0.233. The molecule has 0 saturated carbocycles. The molecule has 0 bridgehead atoms. The molecular formula is C11H13N2O. The van der Waals surface area contributed by atoms with E-state index in [2.05, 4.69) is 4.98 Å². The van der Waals surface area contributed by atoms with Crippen molar-refractivity contribution in [1.82, 2.24) is 9.88 Å². The van der Waals surface area contributed by atoms with Gasteiger partial charge in [0, 0.05) is 18.9 Å². The normalized spacial score (nSPS) is 22.0. The van der Waals surface area contributed by atoms with Crippen molar-refractivity contribution in [2.24, 2.45) is 0 Å². The van der Waals surface area contributed by atoms with E-state index in [0.717, 1.165) is 24.9 Å². The highest BCUT2D eigenvalue weighted by atomic mass is 16.1. The van der Waals surface area contributed by atoms with Gasteiger partial charge in [0.25, 0.3) is 0 Å². The zero-order valence-corrected chi connectivity index (χ0v) is 8.02. The van der Waals surface area contributed by atoms with Gasteiger partial charge >= 0.3 is 6.41 Å². The first-order valence-corrected chi connectivity index (χ1v) is 4.96. The fourth-order valence-corrected chi connectivity index (χ4v) is 1.96. The fourth-order valence-electron chi connectivity index (χ4n) is 1.96. The Bertz CT molecular complexity index is 299. The summed E-state index contributed by atoms with van der Waals surface area (Å²) in [6.07, 6.45) is 8.89. The summed E-state index contributed by atoms with van der Waals surface area (Å²) in [5.41, 5.74) is 1.12. The highest BCUT2D eigenvalue weighted by molar-refractivity contribution is 5.50. The number of amides is 1. The Kier molecular flexibility index (Phi) is 2.77. The zero-order chi connectivity index (χ0) is 9.80. The molecule has 73 valence electrons. The summed E-state index contributed by atoms with van der Waals surface area (Å²) in [5.74, 6) is 0. The van der Waals surface area contributed by atoms with Crippen molar-refractivity contribution in [1.29, 1.82) is 0 Å². The Morgan fingerprint density at radius 2 is 2.43 bits per heavy atom. The molecule has 0 spiro atoms. The molecule has 14 heavy (non-hydrogen) atoms. The fraction of sp³-hybridized carbons (Fsp3) is 0.455. The molecule has 1 aromatic rings. The third-order valence-corrected chi connectivity index (χ3v) is 2.69. The number of hydrogen-bond acceptors (Lipinski definition) is 2. The smallest absolute Gasteiger partial charge is 0.312 e. The summed E-state index contributed by atoms with van der Waals surface area (Å²) in [4.78, 5) is 16.5. The highest BCUT2D eigenvalue weighted by Gasteiger charge is 2.22. The van der Waals surface area contributed by atoms with Crippen molar-refractivity contribution in [3.05, 3.63) is 30.1 Å². The lowest BCUT2D eigenvalue weighted by atomic mass is 9.97. The molecule has 1 aliphatic rings. The Labute approximate surface area is 83.8 Å². The van der Waals surface area contributed by atoms with Crippen LogP contribution in [0.5, 0.6) is 0 Å². The van der Waals surface area contributed by atoms with Crippen molar-refractivity contribution in [2.45, 2.75) is 25.3 Å². The van der Waals surface area contributed by atoms with Gasteiger partial charge in [-0.15, -0.1) is 0 Å². The van der Waals surface area contributed by atoms with Crippen molar-refractivity contribution >= 4 is 6.41 Å². The average Bonchev–Trinajstić information content (AvgIpc) is 2.30. The maximum atomic E-state index is 10.7. The van der Waals surface area contributed by atoms with Gasteiger partial charge in [-0.3, -0.25) is 9.78 Å². The van der Waals surface area contributed by atoms with Gasteiger partial charge in [-0.1, -0.05) is 6.07 Å². The summed E-state index contributed by atoms with van der Waals surface area (Å²) < 4.78 is 0. The van der Waals surface area contributed by atoms with Gasteiger partial charge in [0.2, 0.25) is 0 Å². The van der Waals surface area contributed by atoms with Gasteiger partial charge in [-0.25, -0.2) is 0 Å². The third-order valence-electron chi connectivity index (χ3n) is 2.69. The van der Waals surface area contributed by atoms with Crippen molar-refractivity contribution < 1.29 is 4.79 Å². The molecule has 2 rings (SSSR count). The molecule has 1 aliphatic heterocycles. The van der Waals surface area contributed by atoms with Gasteiger partial charge in [0.05, 0.1) is 6.04 Å². The maximum Gasteiger partial charge on any atom is 0.312 e. The number of hydrogen-bond donors (Lipinski definition) is 0. The molecule has 0 N–H and O–H groups in total. The van der Waals surface area contributed by atoms with Crippen LogP contribution >= 0.6 is 0 Å². The first-order valence-electron chi connectivity index (χ1n) is 4.96. The van der Waals surface area contributed by atoms with E-state index in [4.69, 9.17) is 0 Å². The maximum absolute atomic E-state index is 10.7. The minimum absolute atomic E-state index is 0.190. The van der Waals surface area contributed by atoms with Gasteiger partial charge < -0.3 is 4.90 Å². The van der Waals surface area contributed by atoms with Crippen LogP contribution in [-0.2, 0) is 4.79 Å². The van der Waals surface area contributed by atoms with Crippen molar-refractivity contribution in [3.8, 4) is 0 Å². The summed E-state index contributed by atoms with van der Waals surface area (Å²) in [7, 11) is 0. The molecule has 3 nitrogen and oxygen atoms in total. The number of piperidine rings is 1. The monoisotopic (exact) mass is 189 g/mol. The lowest BCUT2D eigenvalue weighted by Crippen LogP contribution is -2.32. The van der Waals surface area contributed by atoms with E-state index in [0.29, 0.717) is 0 Å². The van der Waals surface area contributed by atoms with E-state index >= 15 is 0 Å². The van der Waals surface area contributed by atoms with Crippen molar-refractivity contribution in [3.63, 3.8) is 0 Å². The van der Waals surface area contributed by atoms with E-state index < -0.39 is 0 Å². The number of rotatable bonds is 2. The molecule has 1 fully saturated rings. The predicted octanol–water partition coefficient (Wildman–Crippen LogP) is 1.68. The van der Waals surface area contributed by atoms with Crippen molar-refractivity contribution in [2.75, 3.05) is 6.54 Å². The minimum atomic E-state index is 0.190. The van der Waals surface area contributed by atoms with E-state index in [-0.39, 0.29) is 6.04 Å². The van der Waals surface area contributed by atoms with Gasteiger partial charge in [0.1, 0.15) is 0 Å². The van der Waals surface area contributed by atoms with Crippen LogP contribution in [0.1, 0.15) is 30.9 Å². The number of pyridine rings is 1. The molecule has 1 unspecified atom stereocenters. The van der Waals surface area contributed by atoms with E-state index in [9.17, 15) is 4.79 Å². The molecule has 2 heterocycles. The Hall–Kier alpha value is -1.38. The van der Waals surface area contributed by atoms with Crippen LogP contribution in [0.4, 0.5) is 0 Å². The first kappa shape index (κ1) is 9.19. The van der Waals surface area contributed by atoms with Crippen LogP contribution in [-0.4, -0.2) is 22.8 Å². The predicted molar refractivity (Wildman–Crippen MR) is 53.2 cm³/mol. The molecule has 3 heteroatoms. The second-order valence-electron chi connectivity index (χ2n) is 3.58. The minimum Gasteiger partial charge on any atom is -0.327 e. The van der Waals surface area contributed by atoms with Crippen LogP contribution in [0, 0.1) is 0 Å². The van der Waals surface area contributed by atoms with Crippen LogP contribution < -0.4 is 0 Å². The number of nitrogens with zero attached hydrogens (tertiary/aromatic N) is 2. The van der Waals surface area contributed by atoms with E-state index in [1.807, 2.05) is 24.7 Å². The Morgan fingerprint density at radius 3 is 3.14 bits per heavy atom. The van der Waals surface area contributed by atoms with Crippen LogP contribution in [0.3, 0.4) is 0 Å². The second kappa shape index (κ2) is 4.22. The lowest BCUT2D eigenvalue weighted by Gasteiger charge is -2.31. The summed E-state index contributed by atoms with van der Waals surface area (Å²) in [6.45, 7) is 0.822. The summed E-state index contributed by atoms with van der Waals surface area (Å²) >= 11 is 0. The largest absolute Gasteiger partial charge is 0.327 e.